The molecular weight excluding hydrogens is 222 g/mol. The van der Waals surface area contributed by atoms with Crippen LogP contribution in [0.2, 0.25) is 0 Å². The molecule has 1 aliphatic rings. The number of allylic oxidation sites excluding steroid dienone is 1. The Labute approximate surface area is 110 Å². The SMILES string of the molecule is CC(C)Oc1cccc(C(N)C2=CCCCC2)c1. The van der Waals surface area contributed by atoms with Crippen LogP contribution in [0, 0.1) is 0 Å². The molecule has 2 rings (SSSR count). The molecule has 2 nitrogen and oxygen atoms in total. The lowest BCUT2D eigenvalue weighted by atomic mass is 9.90. The van der Waals surface area contributed by atoms with E-state index in [1.807, 2.05) is 26.0 Å². The molecule has 1 aliphatic carbocycles. The minimum absolute atomic E-state index is 0.0287. The maximum absolute atomic E-state index is 6.35. The quantitative estimate of drug-likeness (QED) is 0.814. The topological polar surface area (TPSA) is 35.2 Å². The number of hydrogen-bond donors (Lipinski definition) is 1. The van der Waals surface area contributed by atoms with Crippen LogP contribution >= 0.6 is 0 Å². The van der Waals surface area contributed by atoms with Crippen molar-refractivity contribution in [1.29, 1.82) is 0 Å². The second-order valence-electron chi connectivity index (χ2n) is 5.24. The smallest absolute Gasteiger partial charge is 0.120 e. The third-order valence-corrected chi connectivity index (χ3v) is 3.31. The highest BCUT2D eigenvalue weighted by molar-refractivity contribution is 5.35. The van der Waals surface area contributed by atoms with E-state index in [1.165, 1.54) is 24.8 Å². The van der Waals surface area contributed by atoms with E-state index in [2.05, 4.69) is 18.2 Å². The van der Waals surface area contributed by atoms with Crippen LogP contribution in [0.3, 0.4) is 0 Å². The van der Waals surface area contributed by atoms with Gasteiger partial charge in [-0.25, -0.2) is 0 Å². The minimum atomic E-state index is 0.0287. The highest BCUT2D eigenvalue weighted by atomic mass is 16.5. The lowest BCUT2D eigenvalue weighted by Gasteiger charge is -2.20. The lowest BCUT2D eigenvalue weighted by molar-refractivity contribution is 0.242. The Hall–Kier alpha value is -1.28. The molecule has 1 aromatic carbocycles. The zero-order chi connectivity index (χ0) is 13.0. The zero-order valence-corrected chi connectivity index (χ0v) is 11.4. The molecule has 0 saturated carbocycles. The van der Waals surface area contributed by atoms with Crippen molar-refractivity contribution in [2.24, 2.45) is 5.73 Å². The summed E-state index contributed by atoms with van der Waals surface area (Å²) in [7, 11) is 0. The van der Waals surface area contributed by atoms with Gasteiger partial charge in [-0.15, -0.1) is 0 Å². The molecule has 0 bridgehead atoms. The lowest BCUT2D eigenvalue weighted by Crippen LogP contribution is -2.15. The van der Waals surface area contributed by atoms with Gasteiger partial charge in [0.25, 0.3) is 0 Å². The van der Waals surface area contributed by atoms with Crippen molar-refractivity contribution in [3.8, 4) is 5.75 Å². The summed E-state index contributed by atoms with van der Waals surface area (Å²) in [6, 6.07) is 8.20. The van der Waals surface area contributed by atoms with Crippen LogP contribution in [0.25, 0.3) is 0 Å². The van der Waals surface area contributed by atoms with Crippen LogP contribution < -0.4 is 10.5 Å². The van der Waals surface area contributed by atoms with Gasteiger partial charge in [-0.3, -0.25) is 0 Å². The third-order valence-electron chi connectivity index (χ3n) is 3.31. The Bertz CT molecular complexity index is 423. The van der Waals surface area contributed by atoms with Crippen LogP contribution in [0.4, 0.5) is 0 Å². The second-order valence-corrected chi connectivity index (χ2v) is 5.24. The number of rotatable bonds is 4. The van der Waals surface area contributed by atoms with E-state index in [-0.39, 0.29) is 12.1 Å². The summed E-state index contributed by atoms with van der Waals surface area (Å²) in [5, 5.41) is 0. The summed E-state index contributed by atoms with van der Waals surface area (Å²) < 4.78 is 5.72. The van der Waals surface area contributed by atoms with Crippen molar-refractivity contribution in [2.45, 2.75) is 51.7 Å². The fraction of sp³-hybridized carbons (Fsp3) is 0.500. The van der Waals surface area contributed by atoms with E-state index in [0.29, 0.717) is 0 Å². The fourth-order valence-electron chi connectivity index (χ4n) is 2.41. The molecule has 18 heavy (non-hydrogen) atoms. The maximum Gasteiger partial charge on any atom is 0.120 e. The molecule has 0 aliphatic heterocycles. The summed E-state index contributed by atoms with van der Waals surface area (Å²) in [6.07, 6.45) is 7.38. The Kier molecular flexibility index (Phi) is 4.43. The number of nitrogens with two attached hydrogens (primary N) is 1. The van der Waals surface area contributed by atoms with Gasteiger partial charge >= 0.3 is 0 Å². The molecule has 1 unspecified atom stereocenters. The van der Waals surface area contributed by atoms with Crippen LogP contribution in [-0.4, -0.2) is 6.10 Å². The van der Waals surface area contributed by atoms with Gasteiger partial charge in [-0.2, -0.15) is 0 Å². The molecule has 0 saturated heterocycles. The van der Waals surface area contributed by atoms with Crippen molar-refractivity contribution < 1.29 is 4.74 Å². The van der Waals surface area contributed by atoms with Gasteiger partial charge in [0.2, 0.25) is 0 Å². The predicted octanol–water partition coefficient (Wildman–Crippen LogP) is 3.97. The molecule has 0 heterocycles. The average molecular weight is 245 g/mol. The predicted molar refractivity (Wildman–Crippen MR) is 75.7 cm³/mol. The van der Waals surface area contributed by atoms with Crippen LogP contribution in [0.1, 0.15) is 51.1 Å². The van der Waals surface area contributed by atoms with Crippen molar-refractivity contribution in [1.82, 2.24) is 0 Å². The molecule has 1 atom stereocenters. The first-order valence-corrected chi connectivity index (χ1v) is 6.88. The fourth-order valence-corrected chi connectivity index (χ4v) is 2.41. The highest BCUT2D eigenvalue weighted by Crippen LogP contribution is 2.29. The molecule has 0 aromatic heterocycles. The van der Waals surface area contributed by atoms with E-state index in [0.717, 1.165) is 17.7 Å². The number of benzene rings is 1. The maximum atomic E-state index is 6.35. The Morgan fingerprint density at radius 2 is 2.06 bits per heavy atom. The van der Waals surface area contributed by atoms with Gasteiger partial charge in [0.15, 0.2) is 0 Å². The summed E-state index contributed by atoms with van der Waals surface area (Å²) in [6.45, 7) is 4.08. The Morgan fingerprint density at radius 3 is 2.72 bits per heavy atom. The van der Waals surface area contributed by atoms with Gasteiger partial charge < -0.3 is 10.5 Å². The molecule has 98 valence electrons. The van der Waals surface area contributed by atoms with E-state index in [9.17, 15) is 0 Å². The van der Waals surface area contributed by atoms with Crippen LogP contribution in [-0.2, 0) is 0 Å². The number of ether oxygens (including phenoxy) is 1. The summed E-state index contributed by atoms with van der Waals surface area (Å²) in [5.41, 5.74) is 8.88. The average Bonchev–Trinajstić information content (AvgIpc) is 2.38. The van der Waals surface area contributed by atoms with Crippen LogP contribution in [0.5, 0.6) is 5.75 Å². The first-order chi connectivity index (χ1) is 8.66. The van der Waals surface area contributed by atoms with Gasteiger partial charge in [0.1, 0.15) is 5.75 Å². The molecule has 0 radical (unpaired) electrons. The first kappa shape index (κ1) is 13.2. The monoisotopic (exact) mass is 245 g/mol. The highest BCUT2D eigenvalue weighted by Gasteiger charge is 2.14. The van der Waals surface area contributed by atoms with Crippen molar-refractivity contribution in [2.75, 3.05) is 0 Å². The summed E-state index contributed by atoms with van der Waals surface area (Å²) >= 11 is 0. The Morgan fingerprint density at radius 1 is 1.22 bits per heavy atom. The van der Waals surface area contributed by atoms with E-state index < -0.39 is 0 Å². The Balaban J connectivity index is 2.14. The molecule has 0 spiro atoms. The van der Waals surface area contributed by atoms with Crippen molar-refractivity contribution in [3.05, 3.63) is 41.5 Å². The van der Waals surface area contributed by atoms with Gasteiger partial charge in [-0.05, 0) is 57.2 Å². The molecular formula is C16H23NO. The molecule has 2 heteroatoms. The molecule has 0 amide bonds. The van der Waals surface area contributed by atoms with Gasteiger partial charge in [0, 0.05) is 0 Å². The summed E-state index contributed by atoms with van der Waals surface area (Å²) in [4.78, 5) is 0. The van der Waals surface area contributed by atoms with E-state index in [1.54, 1.807) is 0 Å². The minimum Gasteiger partial charge on any atom is -0.491 e. The van der Waals surface area contributed by atoms with E-state index >= 15 is 0 Å². The number of hydrogen-bond acceptors (Lipinski definition) is 2. The largest absolute Gasteiger partial charge is 0.491 e. The third kappa shape index (κ3) is 3.36. The van der Waals surface area contributed by atoms with Crippen LogP contribution in [0.15, 0.2) is 35.9 Å². The zero-order valence-electron chi connectivity index (χ0n) is 11.4. The van der Waals surface area contributed by atoms with E-state index in [4.69, 9.17) is 10.5 Å². The normalized spacial score (nSPS) is 17.4. The molecule has 2 N–H and O–H groups in total. The summed E-state index contributed by atoms with van der Waals surface area (Å²) in [5.74, 6) is 0.911. The second kappa shape index (κ2) is 6.05. The molecule has 1 aromatic rings. The first-order valence-electron chi connectivity index (χ1n) is 6.88. The van der Waals surface area contributed by atoms with Crippen molar-refractivity contribution in [3.63, 3.8) is 0 Å². The van der Waals surface area contributed by atoms with Crippen molar-refractivity contribution >= 4 is 0 Å². The van der Waals surface area contributed by atoms with Gasteiger partial charge in [0.05, 0.1) is 12.1 Å². The molecule has 0 fully saturated rings. The standard InChI is InChI=1S/C16H23NO/c1-12(2)18-15-10-6-9-14(11-15)16(17)13-7-4-3-5-8-13/h6-7,9-12,16H,3-5,8,17H2,1-2H3. The van der Waals surface area contributed by atoms with Gasteiger partial charge in [-0.1, -0.05) is 23.8 Å².